The molecule has 198 valence electrons. The molecule has 0 radical (unpaired) electrons. The summed E-state index contributed by atoms with van der Waals surface area (Å²) in [5, 5.41) is 0. The smallest absolute Gasteiger partial charge is 0.251 e. The van der Waals surface area contributed by atoms with Crippen LogP contribution in [0.4, 0.5) is 0 Å². The number of benzene rings is 5. The predicted molar refractivity (Wildman–Crippen MR) is 171 cm³/mol. The predicted octanol–water partition coefficient (Wildman–Crippen LogP) is 7.56. The second kappa shape index (κ2) is 7.23. The van der Waals surface area contributed by atoms with Gasteiger partial charge >= 0.3 is 0 Å². The average Bonchev–Trinajstić information content (AvgIpc) is 3.33. The summed E-state index contributed by atoms with van der Waals surface area (Å²) in [5.74, 6) is 2.05. The summed E-state index contributed by atoms with van der Waals surface area (Å²) in [6.45, 7) is 14.4. The standard InChI is InChI=1S/C39H33BO/c1-37(2)25-15-9-7-13-22(25)24-19-31-32(20-28(24)37)41-33-21-29-34(23-14-8-10-16-26(23)38(29,3)4)35-36(33)40(31)30-18-12-11-17-27(30)39(35,5)6/h7-21H,1-6H3. The second-order valence-corrected chi connectivity index (χ2v) is 14.1. The molecule has 5 aromatic carbocycles. The lowest BCUT2D eigenvalue weighted by Crippen LogP contribution is -2.62. The van der Waals surface area contributed by atoms with E-state index in [4.69, 9.17) is 4.74 Å². The Hall–Kier alpha value is -4.04. The van der Waals surface area contributed by atoms with Crippen LogP contribution in [0, 0.1) is 0 Å². The second-order valence-electron chi connectivity index (χ2n) is 14.1. The quantitative estimate of drug-likeness (QED) is 0.185. The molecule has 1 nitrogen and oxygen atoms in total. The van der Waals surface area contributed by atoms with E-state index in [9.17, 15) is 0 Å². The van der Waals surface area contributed by atoms with E-state index < -0.39 is 0 Å². The van der Waals surface area contributed by atoms with E-state index in [1.807, 2.05) is 0 Å². The first-order valence-electron chi connectivity index (χ1n) is 15.0. The van der Waals surface area contributed by atoms with Crippen molar-refractivity contribution in [1.82, 2.24) is 0 Å². The van der Waals surface area contributed by atoms with Gasteiger partial charge in [0.15, 0.2) is 0 Å². The monoisotopic (exact) mass is 528 g/mol. The van der Waals surface area contributed by atoms with Crippen molar-refractivity contribution in [2.24, 2.45) is 0 Å². The van der Waals surface area contributed by atoms with Crippen molar-refractivity contribution in [3.63, 3.8) is 0 Å². The zero-order valence-electron chi connectivity index (χ0n) is 24.6. The summed E-state index contributed by atoms with van der Waals surface area (Å²) >= 11 is 0. The van der Waals surface area contributed by atoms with Crippen LogP contribution in [-0.4, -0.2) is 6.71 Å². The number of ether oxygens (including phenoxy) is 1. The molecule has 2 heterocycles. The zero-order chi connectivity index (χ0) is 28.1. The van der Waals surface area contributed by atoms with Crippen molar-refractivity contribution < 1.29 is 4.74 Å². The van der Waals surface area contributed by atoms with Crippen molar-refractivity contribution in [3.05, 3.63) is 124 Å². The maximum atomic E-state index is 7.07. The summed E-state index contributed by atoms with van der Waals surface area (Å²) in [6.07, 6.45) is 0. The highest BCUT2D eigenvalue weighted by Crippen LogP contribution is 2.56. The van der Waals surface area contributed by atoms with Gasteiger partial charge < -0.3 is 4.74 Å². The first kappa shape index (κ1) is 23.6. The van der Waals surface area contributed by atoms with Gasteiger partial charge in [0.1, 0.15) is 11.5 Å². The van der Waals surface area contributed by atoms with Crippen molar-refractivity contribution >= 4 is 23.1 Å². The maximum Gasteiger partial charge on any atom is 0.251 e. The van der Waals surface area contributed by atoms with Crippen LogP contribution >= 0.6 is 0 Å². The van der Waals surface area contributed by atoms with Gasteiger partial charge in [0, 0.05) is 16.2 Å². The van der Waals surface area contributed by atoms with E-state index in [0.29, 0.717) is 0 Å². The molecule has 2 heteroatoms. The van der Waals surface area contributed by atoms with Crippen LogP contribution in [0.3, 0.4) is 0 Å². The molecular weight excluding hydrogens is 495 g/mol. The minimum Gasteiger partial charge on any atom is -0.458 e. The number of hydrogen-bond acceptors (Lipinski definition) is 1. The van der Waals surface area contributed by atoms with Crippen LogP contribution in [0.15, 0.2) is 91.0 Å². The molecule has 0 unspecified atom stereocenters. The maximum absolute atomic E-state index is 7.07. The van der Waals surface area contributed by atoms with E-state index in [2.05, 4.69) is 133 Å². The Labute approximate surface area is 243 Å². The Kier molecular flexibility index (Phi) is 4.17. The van der Waals surface area contributed by atoms with E-state index in [1.54, 1.807) is 0 Å². The molecule has 0 spiro atoms. The average molecular weight is 529 g/mol. The van der Waals surface area contributed by atoms with Gasteiger partial charge in [0.2, 0.25) is 0 Å². The minimum atomic E-state index is -0.164. The highest BCUT2D eigenvalue weighted by Gasteiger charge is 2.50. The first-order valence-corrected chi connectivity index (χ1v) is 15.0. The van der Waals surface area contributed by atoms with Crippen LogP contribution in [0.1, 0.15) is 74.9 Å². The van der Waals surface area contributed by atoms with E-state index in [0.717, 1.165) is 11.5 Å². The molecule has 0 atom stereocenters. The third-order valence-corrected chi connectivity index (χ3v) is 11.0. The molecule has 0 fully saturated rings. The van der Waals surface area contributed by atoms with E-state index >= 15 is 0 Å². The molecule has 5 aromatic rings. The topological polar surface area (TPSA) is 9.23 Å². The minimum absolute atomic E-state index is 0.0657. The molecule has 41 heavy (non-hydrogen) atoms. The third-order valence-electron chi connectivity index (χ3n) is 11.0. The van der Waals surface area contributed by atoms with Gasteiger partial charge in [-0.05, 0) is 78.7 Å². The molecule has 4 aliphatic rings. The largest absolute Gasteiger partial charge is 0.458 e. The van der Waals surface area contributed by atoms with Crippen molar-refractivity contribution in [1.29, 1.82) is 0 Å². The summed E-state index contributed by atoms with van der Waals surface area (Å²) in [5.41, 5.74) is 17.7. The number of fused-ring (bicyclic) bond motifs is 11. The van der Waals surface area contributed by atoms with Gasteiger partial charge in [-0.2, -0.15) is 0 Å². The summed E-state index contributed by atoms with van der Waals surface area (Å²) in [4.78, 5) is 0. The summed E-state index contributed by atoms with van der Waals surface area (Å²) < 4.78 is 7.07. The van der Waals surface area contributed by atoms with Crippen LogP contribution < -0.4 is 21.1 Å². The highest BCUT2D eigenvalue weighted by atomic mass is 16.5. The van der Waals surface area contributed by atoms with E-state index in [-0.39, 0.29) is 23.0 Å². The van der Waals surface area contributed by atoms with E-state index in [1.165, 1.54) is 72.0 Å². The fourth-order valence-corrected chi connectivity index (χ4v) is 8.97. The first-order chi connectivity index (χ1) is 19.6. The Bertz CT molecular complexity index is 2010. The van der Waals surface area contributed by atoms with Gasteiger partial charge in [-0.3, -0.25) is 0 Å². The molecule has 0 saturated heterocycles. The molecule has 0 aromatic heterocycles. The fourth-order valence-electron chi connectivity index (χ4n) is 8.97. The molecule has 2 aliphatic carbocycles. The molecule has 0 bridgehead atoms. The van der Waals surface area contributed by atoms with Crippen molar-refractivity contribution in [2.75, 3.05) is 0 Å². The van der Waals surface area contributed by atoms with Gasteiger partial charge in [0.25, 0.3) is 6.71 Å². The Balaban J connectivity index is 1.41. The van der Waals surface area contributed by atoms with Crippen LogP contribution in [-0.2, 0) is 16.2 Å². The lowest BCUT2D eigenvalue weighted by atomic mass is 9.30. The summed E-state index contributed by atoms with van der Waals surface area (Å²) in [7, 11) is 0. The number of hydrogen-bond donors (Lipinski definition) is 0. The van der Waals surface area contributed by atoms with Gasteiger partial charge in [-0.15, -0.1) is 0 Å². The van der Waals surface area contributed by atoms with Gasteiger partial charge in [0.05, 0.1) is 0 Å². The van der Waals surface area contributed by atoms with Gasteiger partial charge in [-0.1, -0.05) is 126 Å². The van der Waals surface area contributed by atoms with Gasteiger partial charge in [-0.25, -0.2) is 0 Å². The Morgan fingerprint density at radius 1 is 0.488 bits per heavy atom. The lowest BCUT2D eigenvalue weighted by molar-refractivity contribution is 0.480. The molecule has 0 saturated carbocycles. The summed E-state index contributed by atoms with van der Waals surface area (Å²) in [6, 6.07) is 34.4. The SMILES string of the molecule is CC1(C)c2ccccc2-c2cc3c(cc21)Oc1cc2c(c4c1B3c1ccccc1C4(C)C)-c1ccccc1C2(C)C. The van der Waals surface area contributed by atoms with Crippen LogP contribution in [0.2, 0.25) is 0 Å². The molecule has 0 N–H and O–H groups in total. The Morgan fingerprint density at radius 3 is 1.83 bits per heavy atom. The molecule has 0 amide bonds. The number of rotatable bonds is 0. The Morgan fingerprint density at radius 2 is 1.07 bits per heavy atom. The third kappa shape index (κ3) is 2.66. The normalized spacial score (nSPS) is 18.2. The lowest BCUT2D eigenvalue weighted by Gasteiger charge is -2.43. The fraction of sp³-hybridized carbons (Fsp3) is 0.231. The zero-order valence-corrected chi connectivity index (χ0v) is 24.6. The van der Waals surface area contributed by atoms with Crippen molar-refractivity contribution in [2.45, 2.75) is 57.8 Å². The molecule has 2 aliphatic heterocycles. The highest BCUT2D eigenvalue weighted by molar-refractivity contribution is 6.98. The molecule has 9 rings (SSSR count). The molecular formula is C39H33BO. The van der Waals surface area contributed by atoms with Crippen LogP contribution in [0.25, 0.3) is 22.3 Å². The van der Waals surface area contributed by atoms with Crippen LogP contribution in [0.5, 0.6) is 11.5 Å². The van der Waals surface area contributed by atoms with Crippen molar-refractivity contribution in [3.8, 4) is 33.8 Å².